The van der Waals surface area contributed by atoms with E-state index >= 15 is 0 Å². The van der Waals surface area contributed by atoms with Crippen molar-refractivity contribution >= 4 is 5.95 Å². The van der Waals surface area contributed by atoms with Crippen molar-refractivity contribution in [1.82, 2.24) is 20.4 Å². The Morgan fingerprint density at radius 2 is 1.81 bits per heavy atom. The van der Waals surface area contributed by atoms with Crippen LogP contribution in [0.4, 0.5) is 5.95 Å². The highest BCUT2D eigenvalue weighted by Gasteiger charge is 2.09. The number of anilines is 1. The van der Waals surface area contributed by atoms with Crippen molar-refractivity contribution in [3.8, 4) is 22.6 Å². The van der Waals surface area contributed by atoms with Crippen LogP contribution in [-0.2, 0) is 13.1 Å². The zero-order valence-corrected chi connectivity index (χ0v) is 14.8. The molecular formula is C20H19N5O2. The van der Waals surface area contributed by atoms with Gasteiger partial charge in [-0.2, -0.15) is 0 Å². The van der Waals surface area contributed by atoms with Crippen molar-refractivity contribution in [2.45, 2.75) is 13.1 Å². The van der Waals surface area contributed by atoms with E-state index in [1.165, 1.54) is 5.56 Å². The molecule has 0 aliphatic carbocycles. The summed E-state index contributed by atoms with van der Waals surface area (Å²) in [6, 6.07) is 13.8. The van der Waals surface area contributed by atoms with Gasteiger partial charge >= 0.3 is 0 Å². The number of hydrogen-bond acceptors (Lipinski definition) is 7. The minimum atomic E-state index is 0.460. The molecule has 0 unspecified atom stereocenters. The lowest BCUT2D eigenvalue weighted by Crippen LogP contribution is -2.05. The van der Waals surface area contributed by atoms with E-state index in [-0.39, 0.29) is 0 Å². The zero-order valence-electron chi connectivity index (χ0n) is 14.8. The molecule has 27 heavy (non-hydrogen) atoms. The molecule has 0 fully saturated rings. The minimum Gasteiger partial charge on any atom is -0.461 e. The van der Waals surface area contributed by atoms with Gasteiger partial charge in [0.25, 0.3) is 0 Å². The van der Waals surface area contributed by atoms with Crippen LogP contribution >= 0.6 is 0 Å². The highest BCUT2D eigenvalue weighted by Crippen LogP contribution is 2.22. The smallest absolute Gasteiger partial charge is 0.222 e. The van der Waals surface area contributed by atoms with Crippen LogP contribution in [0.2, 0.25) is 0 Å². The average Bonchev–Trinajstić information content (AvgIpc) is 3.39. The Labute approximate surface area is 156 Å². The van der Waals surface area contributed by atoms with E-state index in [1.54, 1.807) is 12.3 Å². The number of aromatic nitrogens is 3. The van der Waals surface area contributed by atoms with Crippen LogP contribution in [0.15, 0.2) is 70.1 Å². The Balaban J connectivity index is 1.40. The number of hydrogen-bond donors (Lipinski definition) is 2. The van der Waals surface area contributed by atoms with Gasteiger partial charge in [-0.1, -0.05) is 23.4 Å². The van der Waals surface area contributed by atoms with E-state index in [2.05, 4.69) is 44.0 Å². The van der Waals surface area contributed by atoms with E-state index in [0.717, 1.165) is 23.4 Å². The Hall–Kier alpha value is -3.45. The fraction of sp³-hybridized carbons (Fsp3) is 0.150. The number of benzene rings is 1. The highest BCUT2D eigenvalue weighted by molar-refractivity contribution is 5.62. The van der Waals surface area contributed by atoms with Crippen LogP contribution in [0.3, 0.4) is 0 Å². The van der Waals surface area contributed by atoms with Crippen molar-refractivity contribution in [1.29, 1.82) is 0 Å². The van der Waals surface area contributed by atoms with Gasteiger partial charge in [-0.3, -0.25) is 0 Å². The summed E-state index contributed by atoms with van der Waals surface area (Å²) < 4.78 is 10.6. The fourth-order valence-electron chi connectivity index (χ4n) is 2.73. The molecule has 0 bridgehead atoms. The summed E-state index contributed by atoms with van der Waals surface area (Å²) in [7, 11) is 1.93. The molecule has 0 aliphatic rings. The van der Waals surface area contributed by atoms with Crippen molar-refractivity contribution in [2.24, 2.45) is 0 Å². The van der Waals surface area contributed by atoms with Gasteiger partial charge in [-0.05, 0) is 36.4 Å². The van der Waals surface area contributed by atoms with Gasteiger partial charge in [-0.25, -0.2) is 9.97 Å². The van der Waals surface area contributed by atoms with E-state index in [4.69, 9.17) is 8.94 Å². The third kappa shape index (κ3) is 4.04. The lowest BCUT2D eigenvalue weighted by molar-refractivity contribution is 0.411. The zero-order chi connectivity index (χ0) is 18.5. The van der Waals surface area contributed by atoms with Gasteiger partial charge < -0.3 is 19.6 Å². The van der Waals surface area contributed by atoms with Crippen molar-refractivity contribution in [2.75, 3.05) is 12.4 Å². The first-order valence-electron chi connectivity index (χ1n) is 8.61. The molecule has 0 saturated heterocycles. The van der Waals surface area contributed by atoms with Crippen LogP contribution in [0.1, 0.15) is 11.3 Å². The van der Waals surface area contributed by atoms with E-state index < -0.39 is 0 Å². The van der Waals surface area contributed by atoms with Gasteiger partial charge in [-0.15, -0.1) is 0 Å². The minimum absolute atomic E-state index is 0.460. The first-order chi connectivity index (χ1) is 13.3. The third-order valence-electron chi connectivity index (χ3n) is 4.04. The third-order valence-corrected chi connectivity index (χ3v) is 4.04. The molecule has 0 spiro atoms. The highest BCUT2D eigenvalue weighted by atomic mass is 16.5. The maximum atomic E-state index is 5.29. The molecule has 0 radical (unpaired) electrons. The predicted molar refractivity (Wildman–Crippen MR) is 102 cm³/mol. The van der Waals surface area contributed by atoms with Crippen LogP contribution in [-0.4, -0.2) is 22.2 Å². The number of furan rings is 1. The van der Waals surface area contributed by atoms with Gasteiger partial charge in [0.1, 0.15) is 5.69 Å². The molecule has 4 rings (SSSR count). The SMILES string of the molecule is CNCc1cccc(-c2cnc(NCc3cc(-c4ccco4)on3)nc2)c1. The van der Waals surface area contributed by atoms with E-state index in [1.807, 2.05) is 37.6 Å². The summed E-state index contributed by atoms with van der Waals surface area (Å²) in [6.45, 7) is 1.28. The predicted octanol–water partition coefficient (Wildman–Crippen LogP) is 3.72. The second-order valence-electron chi connectivity index (χ2n) is 6.04. The summed E-state index contributed by atoms with van der Waals surface area (Å²) in [4.78, 5) is 8.78. The second kappa shape index (κ2) is 7.84. The van der Waals surface area contributed by atoms with Crippen molar-refractivity contribution in [3.63, 3.8) is 0 Å². The lowest BCUT2D eigenvalue weighted by atomic mass is 10.1. The summed E-state index contributed by atoms with van der Waals surface area (Å²) >= 11 is 0. The fourth-order valence-corrected chi connectivity index (χ4v) is 2.73. The molecule has 0 aliphatic heterocycles. The summed E-state index contributed by atoms with van der Waals surface area (Å²) in [5.74, 6) is 1.78. The first-order valence-corrected chi connectivity index (χ1v) is 8.61. The van der Waals surface area contributed by atoms with Crippen LogP contribution in [0, 0.1) is 0 Å². The molecule has 1 aromatic carbocycles. The molecule has 0 atom stereocenters. The van der Waals surface area contributed by atoms with Crippen molar-refractivity contribution < 1.29 is 8.94 Å². The molecule has 7 heteroatoms. The summed E-state index contributed by atoms with van der Waals surface area (Å²) in [6.07, 6.45) is 5.22. The largest absolute Gasteiger partial charge is 0.461 e. The Kier molecular flexibility index (Phi) is 4.93. The molecule has 0 saturated carbocycles. The standard InChI is InChI=1S/C20H19N5O2/c1-21-10-14-4-2-5-15(8-14)16-11-22-20(23-12-16)24-13-17-9-19(27-25-17)18-6-3-7-26-18/h2-9,11-12,21H,10,13H2,1H3,(H,22,23,24). The summed E-state index contributed by atoms with van der Waals surface area (Å²) in [5, 5.41) is 10.3. The molecule has 3 aromatic heterocycles. The average molecular weight is 361 g/mol. The quantitative estimate of drug-likeness (QED) is 0.518. The monoisotopic (exact) mass is 361 g/mol. The molecule has 4 aromatic rings. The Morgan fingerprint density at radius 1 is 0.926 bits per heavy atom. The van der Waals surface area contributed by atoms with Gasteiger partial charge in [0.05, 0.1) is 12.8 Å². The number of rotatable bonds is 7. The molecular weight excluding hydrogens is 342 g/mol. The van der Waals surface area contributed by atoms with Crippen molar-refractivity contribution in [3.05, 3.63) is 72.4 Å². The second-order valence-corrected chi connectivity index (χ2v) is 6.04. The first kappa shape index (κ1) is 17.0. The van der Waals surface area contributed by atoms with Crippen LogP contribution in [0.5, 0.6) is 0 Å². The normalized spacial score (nSPS) is 10.9. The maximum absolute atomic E-state index is 5.29. The van der Waals surface area contributed by atoms with Gasteiger partial charge in [0.2, 0.25) is 11.7 Å². The molecule has 0 amide bonds. The maximum Gasteiger partial charge on any atom is 0.222 e. The molecule has 3 heterocycles. The number of nitrogens with one attached hydrogen (secondary N) is 2. The lowest BCUT2D eigenvalue weighted by Gasteiger charge is -2.06. The molecule has 136 valence electrons. The van der Waals surface area contributed by atoms with Crippen LogP contribution in [0.25, 0.3) is 22.6 Å². The van der Waals surface area contributed by atoms with E-state index in [9.17, 15) is 0 Å². The topological polar surface area (TPSA) is 89.0 Å². The van der Waals surface area contributed by atoms with E-state index in [0.29, 0.717) is 24.0 Å². The Bertz CT molecular complexity index is 993. The molecule has 2 N–H and O–H groups in total. The Morgan fingerprint density at radius 3 is 2.59 bits per heavy atom. The molecule has 7 nitrogen and oxygen atoms in total. The van der Waals surface area contributed by atoms with Crippen LogP contribution < -0.4 is 10.6 Å². The number of nitrogens with zero attached hydrogens (tertiary/aromatic N) is 3. The van der Waals surface area contributed by atoms with Gasteiger partial charge in [0.15, 0.2) is 5.76 Å². The van der Waals surface area contributed by atoms with Gasteiger partial charge in [0, 0.05) is 30.6 Å². The summed E-state index contributed by atoms with van der Waals surface area (Å²) in [5.41, 5.74) is 4.03.